The van der Waals surface area contributed by atoms with Crippen LogP contribution in [0.2, 0.25) is 5.02 Å². The Balaban J connectivity index is 1.29. The molecular formula is C22H26ClN3O3. The third-order valence-electron chi connectivity index (χ3n) is 5.70. The Bertz CT molecular complexity index is 897. The molecule has 29 heavy (non-hydrogen) atoms. The minimum absolute atomic E-state index is 0.000382. The molecule has 0 bridgehead atoms. The second-order valence-corrected chi connectivity index (χ2v) is 7.98. The highest BCUT2D eigenvalue weighted by atomic mass is 35.5. The number of nitrogens with zero attached hydrogens (tertiary/aromatic N) is 2. The van der Waals surface area contributed by atoms with Crippen LogP contribution in [0.3, 0.4) is 0 Å². The number of carbonyl (C=O) groups excluding carboxylic acids is 1. The van der Waals surface area contributed by atoms with Crippen LogP contribution in [0.25, 0.3) is 0 Å². The van der Waals surface area contributed by atoms with E-state index in [0.717, 1.165) is 55.5 Å². The van der Waals surface area contributed by atoms with Gasteiger partial charge in [0.15, 0.2) is 11.5 Å². The standard InChI is InChI=1S/C22H26ClN3O3/c1-15-18(23)4-3-5-19(15)24-22(27)16(2)26-10-8-25(9-11-26)13-17-6-7-20-21(12-17)29-14-28-20/h3-7,12,16H,8-11,13-14H2,1-2H3,(H,24,27)/t16-/m1/s1. The number of hydrogen-bond acceptors (Lipinski definition) is 5. The van der Waals surface area contributed by atoms with Gasteiger partial charge in [0.2, 0.25) is 12.7 Å². The SMILES string of the molecule is Cc1c(Cl)cccc1NC(=O)[C@@H](C)N1CCN(Cc2ccc3c(c2)OCO3)CC1. The number of halogens is 1. The van der Waals surface area contributed by atoms with Crippen LogP contribution in [0.4, 0.5) is 5.69 Å². The van der Waals surface area contributed by atoms with E-state index in [1.807, 2.05) is 38.1 Å². The average Bonchev–Trinajstić information content (AvgIpc) is 3.19. The summed E-state index contributed by atoms with van der Waals surface area (Å²) in [6, 6.07) is 11.5. The fourth-order valence-corrected chi connectivity index (χ4v) is 3.93. The van der Waals surface area contributed by atoms with Crippen LogP contribution in [0.15, 0.2) is 36.4 Å². The predicted octanol–water partition coefficient (Wildman–Crippen LogP) is 3.52. The number of ether oxygens (including phenoxy) is 2. The van der Waals surface area contributed by atoms with Gasteiger partial charge in [-0.2, -0.15) is 0 Å². The fraction of sp³-hybridized carbons (Fsp3) is 0.409. The van der Waals surface area contributed by atoms with Crippen molar-refractivity contribution in [3.63, 3.8) is 0 Å². The van der Waals surface area contributed by atoms with Crippen molar-refractivity contribution in [3.8, 4) is 11.5 Å². The predicted molar refractivity (Wildman–Crippen MR) is 114 cm³/mol. The minimum atomic E-state index is -0.193. The van der Waals surface area contributed by atoms with Crippen LogP contribution in [0.5, 0.6) is 11.5 Å². The fourth-order valence-electron chi connectivity index (χ4n) is 3.75. The van der Waals surface area contributed by atoms with E-state index in [-0.39, 0.29) is 11.9 Å². The molecule has 1 atom stereocenters. The molecule has 2 aliphatic heterocycles. The molecule has 1 saturated heterocycles. The van der Waals surface area contributed by atoms with Gasteiger partial charge in [-0.25, -0.2) is 0 Å². The van der Waals surface area contributed by atoms with Crippen molar-refractivity contribution in [2.75, 3.05) is 38.3 Å². The summed E-state index contributed by atoms with van der Waals surface area (Å²) >= 11 is 6.16. The molecule has 2 aromatic carbocycles. The number of rotatable bonds is 5. The molecule has 0 saturated carbocycles. The van der Waals surface area contributed by atoms with E-state index in [9.17, 15) is 4.79 Å². The lowest BCUT2D eigenvalue weighted by Gasteiger charge is -2.37. The highest BCUT2D eigenvalue weighted by molar-refractivity contribution is 6.31. The Morgan fingerprint density at radius 3 is 2.69 bits per heavy atom. The summed E-state index contributed by atoms with van der Waals surface area (Å²) in [5.74, 6) is 1.63. The number of piperazine rings is 1. The molecule has 1 N–H and O–H groups in total. The summed E-state index contributed by atoms with van der Waals surface area (Å²) in [4.78, 5) is 17.4. The number of nitrogens with one attached hydrogen (secondary N) is 1. The van der Waals surface area contributed by atoms with E-state index in [1.165, 1.54) is 5.56 Å². The molecule has 0 spiro atoms. The lowest BCUT2D eigenvalue weighted by molar-refractivity contribution is -0.121. The quantitative estimate of drug-likeness (QED) is 0.809. The Morgan fingerprint density at radius 2 is 1.90 bits per heavy atom. The first-order chi connectivity index (χ1) is 14.0. The number of hydrogen-bond donors (Lipinski definition) is 1. The van der Waals surface area contributed by atoms with Crippen molar-refractivity contribution < 1.29 is 14.3 Å². The van der Waals surface area contributed by atoms with Crippen LogP contribution in [-0.2, 0) is 11.3 Å². The van der Waals surface area contributed by atoms with Crippen LogP contribution >= 0.6 is 11.6 Å². The number of carbonyl (C=O) groups is 1. The smallest absolute Gasteiger partial charge is 0.241 e. The van der Waals surface area contributed by atoms with Gasteiger partial charge < -0.3 is 14.8 Å². The Hall–Kier alpha value is -2.28. The van der Waals surface area contributed by atoms with E-state index in [0.29, 0.717) is 11.8 Å². The molecule has 2 heterocycles. The van der Waals surface area contributed by atoms with Crippen molar-refractivity contribution in [2.45, 2.75) is 26.4 Å². The Kier molecular flexibility index (Phi) is 5.94. The van der Waals surface area contributed by atoms with Gasteiger partial charge in [0.05, 0.1) is 6.04 Å². The second-order valence-electron chi connectivity index (χ2n) is 7.58. The highest BCUT2D eigenvalue weighted by Crippen LogP contribution is 2.33. The van der Waals surface area contributed by atoms with Gasteiger partial charge >= 0.3 is 0 Å². The van der Waals surface area contributed by atoms with Crippen LogP contribution in [0, 0.1) is 6.92 Å². The molecule has 6 nitrogen and oxygen atoms in total. The first kappa shape index (κ1) is 20.0. The summed E-state index contributed by atoms with van der Waals surface area (Å²) in [6.07, 6.45) is 0. The van der Waals surface area contributed by atoms with Crippen LogP contribution in [0.1, 0.15) is 18.1 Å². The highest BCUT2D eigenvalue weighted by Gasteiger charge is 2.26. The molecule has 0 aromatic heterocycles. The van der Waals surface area contributed by atoms with E-state index >= 15 is 0 Å². The summed E-state index contributed by atoms with van der Waals surface area (Å²) in [5.41, 5.74) is 2.88. The molecule has 1 amide bonds. The molecule has 154 valence electrons. The molecular weight excluding hydrogens is 390 g/mol. The monoisotopic (exact) mass is 415 g/mol. The van der Waals surface area contributed by atoms with Gasteiger partial charge in [0.1, 0.15) is 0 Å². The number of anilines is 1. The molecule has 0 aliphatic carbocycles. The normalized spacial score (nSPS) is 17.9. The van der Waals surface area contributed by atoms with Crippen molar-refractivity contribution in [3.05, 3.63) is 52.5 Å². The van der Waals surface area contributed by atoms with E-state index in [4.69, 9.17) is 21.1 Å². The van der Waals surface area contributed by atoms with Gasteiger partial charge in [-0.15, -0.1) is 0 Å². The maximum absolute atomic E-state index is 12.7. The summed E-state index contributed by atoms with van der Waals surface area (Å²) in [7, 11) is 0. The van der Waals surface area contributed by atoms with E-state index in [1.54, 1.807) is 0 Å². The van der Waals surface area contributed by atoms with E-state index < -0.39 is 0 Å². The maximum Gasteiger partial charge on any atom is 0.241 e. The van der Waals surface area contributed by atoms with Gasteiger partial charge in [0, 0.05) is 43.4 Å². The number of fused-ring (bicyclic) bond motifs is 1. The van der Waals surface area contributed by atoms with Gasteiger partial charge in [-0.05, 0) is 49.2 Å². The molecule has 1 fully saturated rings. The molecule has 2 aliphatic rings. The lowest BCUT2D eigenvalue weighted by atomic mass is 10.1. The largest absolute Gasteiger partial charge is 0.454 e. The first-order valence-electron chi connectivity index (χ1n) is 9.92. The number of amides is 1. The molecule has 0 radical (unpaired) electrons. The third-order valence-corrected chi connectivity index (χ3v) is 6.11. The maximum atomic E-state index is 12.7. The minimum Gasteiger partial charge on any atom is -0.454 e. The summed E-state index contributed by atoms with van der Waals surface area (Å²) in [5, 5.41) is 3.68. The van der Waals surface area contributed by atoms with Crippen LogP contribution < -0.4 is 14.8 Å². The molecule has 7 heteroatoms. The molecule has 0 unspecified atom stereocenters. The Labute approximate surface area is 176 Å². The van der Waals surface area contributed by atoms with Gasteiger partial charge in [-0.1, -0.05) is 23.7 Å². The third kappa shape index (κ3) is 4.50. The van der Waals surface area contributed by atoms with Crippen LogP contribution in [-0.4, -0.2) is 54.7 Å². The zero-order chi connectivity index (χ0) is 20.4. The summed E-state index contributed by atoms with van der Waals surface area (Å²) in [6.45, 7) is 8.59. The lowest BCUT2D eigenvalue weighted by Crippen LogP contribution is -2.52. The topological polar surface area (TPSA) is 54.0 Å². The molecule has 2 aromatic rings. The van der Waals surface area contributed by atoms with Crippen molar-refractivity contribution in [1.29, 1.82) is 0 Å². The Morgan fingerprint density at radius 1 is 1.14 bits per heavy atom. The summed E-state index contributed by atoms with van der Waals surface area (Å²) < 4.78 is 10.8. The second kappa shape index (κ2) is 8.61. The van der Waals surface area contributed by atoms with E-state index in [2.05, 4.69) is 27.2 Å². The van der Waals surface area contributed by atoms with Gasteiger partial charge in [-0.3, -0.25) is 14.6 Å². The first-order valence-corrected chi connectivity index (χ1v) is 10.3. The zero-order valence-corrected chi connectivity index (χ0v) is 17.5. The average molecular weight is 416 g/mol. The zero-order valence-electron chi connectivity index (χ0n) is 16.8. The number of benzene rings is 2. The van der Waals surface area contributed by atoms with Crippen molar-refractivity contribution in [1.82, 2.24) is 9.80 Å². The van der Waals surface area contributed by atoms with Crippen molar-refractivity contribution in [2.24, 2.45) is 0 Å². The van der Waals surface area contributed by atoms with Crippen molar-refractivity contribution >= 4 is 23.2 Å². The van der Waals surface area contributed by atoms with Gasteiger partial charge in [0.25, 0.3) is 0 Å². The molecule has 4 rings (SSSR count).